The molecule has 0 unspecified atom stereocenters. The molecule has 98 valence electrons. The van der Waals surface area contributed by atoms with Crippen LogP contribution in [0.25, 0.3) is 0 Å². The highest BCUT2D eigenvalue weighted by Crippen LogP contribution is 2.15. The highest BCUT2D eigenvalue weighted by atomic mass is 35.5. The molecule has 2 aromatic rings. The molecule has 0 saturated heterocycles. The summed E-state index contributed by atoms with van der Waals surface area (Å²) in [7, 11) is 0. The maximum Gasteiger partial charge on any atom is 0.276 e. The molecule has 2 rings (SSSR count). The Morgan fingerprint density at radius 3 is 2.42 bits per heavy atom. The van der Waals surface area contributed by atoms with Crippen LogP contribution < -0.4 is 15.6 Å². The van der Waals surface area contributed by atoms with Crippen molar-refractivity contribution in [2.45, 2.75) is 0 Å². The SMILES string of the molecule is O=C(COc1ccc(Cl)cc1)NNc1ccccc1. The summed E-state index contributed by atoms with van der Waals surface area (Å²) < 4.78 is 5.30. The molecule has 0 saturated carbocycles. The topological polar surface area (TPSA) is 50.4 Å². The summed E-state index contributed by atoms with van der Waals surface area (Å²) in [5.74, 6) is 0.332. The Morgan fingerprint density at radius 2 is 1.74 bits per heavy atom. The minimum Gasteiger partial charge on any atom is -0.484 e. The predicted octanol–water partition coefficient (Wildman–Crippen LogP) is 2.86. The Bertz CT molecular complexity index is 529. The molecule has 0 bridgehead atoms. The fourth-order valence-electron chi connectivity index (χ4n) is 1.38. The number of benzene rings is 2. The van der Waals surface area contributed by atoms with E-state index in [4.69, 9.17) is 16.3 Å². The molecule has 0 spiro atoms. The first-order chi connectivity index (χ1) is 9.24. The Hall–Kier alpha value is -2.20. The summed E-state index contributed by atoms with van der Waals surface area (Å²) in [5, 5.41) is 0.627. The number of nitrogens with one attached hydrogen (secondary N) is 2. The van der Waals surface area contributed by atoms with Crippen LogP contribution in [0.15, 0.2) is 54.6 Å². The Balaban J connectivity index is 1.74. The van der Waals surface area contributed by atoms with Crippen LogP contribution in [0, 0.1) is 0 Å². The van der Waals surface area contributed by atoms with E-state index in [0.29, 0.717) is 10.8 Å². The second-order valence-corrected chi connectivity index (χ2v) is 4.22. The molecule has 0 aliphatic rings. The van der Waals surface area contributed by atoms with E-state index in [1.807, 2.05) is 30.3 Å². The van der Waals surface area contributed by atoms with E-state index in [-0.39, 0.29) is 12.5 Å². The van der Waals surface area contributed by atoms with Crippen LogP contribution in [0.3, 0.4) is 0 Å². The molecule has 0 fully saturated rings. The van der Waals surface area contributed by atoms with E-state index in [9.17, 15) is 4.79 Å². The zero-order valence-electron chi connectivity index (χ0n) is 10.1. The zero-order valence-corrected chi connectivity index (χ0v) is 10.9. The summed E-state index contributed by atoms with van der Waals surface area (Å²) in [6.45, 7) is -0.0680. The molecule has 0 heterocycles. The van der Waals surface area contributed by atoms with Gasteiger partial charge < -0.3 is 4.74 Å². The molecule has 4 nitrogen and oxygen atoms in total. The smallest absolute Gasteiger partial charge is 0.276 e. The molecule has 0 radical (unpaired) electrons. The van der Waals surface area contributed by atoms with Crippen molar-refractivity contribution >= 4 is 23.2 Å². The summed E-state index contributed by atoms with van der Waals surface area (Å²) in [6.07, 6.45) is 0. The summed E-state index contributed by atoms with van der Waals surface area (Å²) in [5.41, 5.74) is 6.14. The first kappa shape index (κ1) is 13.2. The van der Waals surface area contributed by atoms with Gasteiger partial charge in [0.2, 0.25) is 0 Å². The van der Waals surface area contributed by atoms with Gasteiger partial charge >= 0.3 is 0 Å². The lowest BCUT2D eigenvalue weighted by molar-refractivity contribution is -0.122. The van der Waals surface area contributed by atoms with Crippen molar-refractivity contribution in [3.8, 4) is 5.75 Å². The first-order valence-corrected chi connectivity index (χ1v) is 6.10. The number of rotatable bonds is 5. The standard InChI is InChI=1S/C14H13ClN2O2/c15-11-6-8-13(9-7-11)19-10-14(18)17-16-12-4-2-1-3-5-12/h1-9,16H,10H2,(H,17,18). The molecular weight excluding hydrogens is 264 g/mol. The Kier molecular flexibility index (Phi) is 4.64. The van der Waals surface area contributed by atoms with Gasteiger partial charge in [0.05, 0.1) is 5.69 Å². The number of carbonyl (C=O) groups excluding carboxylic acids is 1. The van der Waals surface area contributed by atoms with Crippen LogP contribution in [0.4, 0.5) is 5.69 Å². The van der Waals surface area contributed by atoms with Crippen LogP contribution in [0.2, 0.25) is 5.02 Å². The van der Waals surface area contributed by atoms with Gasteiger partial charge in [0.1, 0.15) is 5.75 Å². The largest absolute Gasteiger partial charge is 0.484 e. The van der Waals surface area contributed by atoms with E-state index < -0.39 is 0 Å². The van der Waals surface area contributed by atoms with Gasteiger partial charge in [0, 0.05) is 5.02 Å². The number of ether oxygens (including phenoxy) is 1. The predicted molar refractivity (Wildman–Crippen MR) is 75.2 cm³/mol. The van der Waals surface area contributed by atoms with Crippen molar-refractivity contribution in [3.63, 3.8) is 0 Å². The van der Waals surface area contributed by atoms with Gasteiger partial charge in [-0.3, -0.25) is 15.6 Å². The number of anilines is 1. The number of carbonyl (C=O) groups is 1. The average Bonchev–Trinajstić information content (AvgIpc) is 2.45. The van der Waals surface area contributed by atoms with E-state index in [1.54, 1.807) is 24.3 Å². The summed E-state index contributed by atoms with van der Waals surface area (Å²) in [6, 6.07) is 16.2. The molecule has 0 aliphatic heterocycles. The third-order valence-electron chi connectivity index (χ3n) is 2.30. The fourth-order valence-corrected chi connectivity index (χ4v) is 1.51. The van der Waals surface area contributed by atoms with Crippen molar-refractivity contribution in [2.75, 3.05) is 12.0 Å². The molecule has 2 aromatic carbocycles. The van der Waals surface area contributed by atoms with Crippen LogP contribution >= 0.6 is 11.6 Å². The Labute approximate surface area is 116 Å². The van der Waals surface area contributed by atoms with Gasteiger partial charge in [-0.1, -0.05) is 29.8 Å². The third kappa shape index (κ3) is 4.52. The van der Waals surface area contributed by atoms with Crippen LogP contribution in [-0.2, 0) is 4.79 Å². The van der Waals surface area contributed by atoms with Crippen molar-refractivity contribution in [2.24, 2.45) is 0 Å². The van der Waals surface area contributed by atoms with Crippen LogP contribution in [0.5, 0.6) is 5.75 Å². The minimum absolute atomic E-state index is 0.0680. The second-order valence-electron chi connectivity index (χ2n) is 3.78. The van der Waals surface area contributed by atoms with Crippen molar-refractivity contribution in [1.82, 2.24) is 5.43 Å². The third-order valence-corrected chi connectivity index (χ3v) is 2.56. The van der Waals surface area contributed by atoms with Crippen molar-refractivity contribution in [3.05, 3.63) is 59.6 Å². The number of hydrogen-bond donors (Lipinski definition) is 2. The van der Waals surface area contributed by atoms with Crippen LogP contribution in [0.1, 0.15) is 0 Å². The second kappa shape index (κ2) is 6.66. The summed E-state index contributed by atoms with van der Waals surface area (Å²) >= 11 is 5.75. The maximum absolute atomic E-state index is 11.5. The highest BCUT2D eigenvalue weighted by Gasteiger charge is 2.02. The molecule has 5 heteroatoms. The highest BCUT2D eigenvalue weighted by molar-refractivity contribution is 6.30. The van der Waals surface area contributed by atoms with E-state index in [1.165, 1.54) is 0 Å². The van der Waals surface area contributed by atoms with Gasteiger partial charge in [-0.15, -0.1) is 0 Å². The van der Waals surface area contributed by atoms with Crippen molar-refractivity contribution in [1.29, 1.82) is 0 Å². The van der Waals surface area contributed by atoms with Gasteiger partial charge in [-0.2, -0.15) is 0 Å². The number of hydrogen-bond acceptors (Lipinski definition) is 3. The lowest BCUT2D eigenvalue weighted by Crippen LogP contribution is -2.33. The molecular formula is C14H13ClN2O2. The number of para-hydroxylation sites is 1. The van der Waals surface area contributed by atoms with Gasteiger partial charge in [-0.05, 0) is 36.4 Å². The number of halogens is 1. The number of hydrazine groups is 1. The zero-order chi connectivity index (χ0) is 13.5. The molecule has 0 atom stereocenters. The first-order valence-electron chi connectivity index (χ1n) is 5.72. The lowest BCUT2D eigenvalue weighted by Gasteiger charge is -2.09. The average molecular weight is 277 g/mol. The fraction of sp³-hybridized carbons (Fsp3) is 0.0714. The van der Waals surface area contributed by atoms with E-state index in [0.717, 1.165) is 5.69 Å². The van der Waals surface area contributed by atoms with Gasteiger partial charge in [0.15, 0.2) is 6.61 Å². The normalized spacial score (nSPS) is 9.74. The van der Waals surface area contributed by atoms with Crippen LogP contribution in [-0.4, -0.2) is 12.5 Å². The Morgan fingerprint density at radius 1 is 1.05 bits per heavy atom. The monoisotopic (exact) mass is 276 g/mol. The van der Waals surface area contributed by atoms with Crippen molar-refractivity contribution < 1.29 is 9.53 Å². The maximum atomic E-state index is 11.5. The molecule has 1 amide bonds. The minimum atomic E-state index is -0.265. The molecule has 2 N–H and O–H groups in total. The van der Waals surface area contributed by atoms with E-state index in [2.05, 4.69) is 10.9 Å². The lowest BCUT2D eigenvalue weighted by atomic mass is 10.3. The quantitative estimate of drug-likeness (QED) is 0.826. The molecule has 0 aromatic heterocycles. The van der Waals surface area contributed by atoms with Gasteiger partial charge in [0.25, 0.3) is 5.91 Å². The summed E-state index contributed by atoms with van der Waals surface area (Å²) in [4.78, 5) is 11.5. The molecule has 0 aliphatic carbocycles. The van der Waals surface area contributed by atoms with E-state index >= 15 is 0 Å². The van der Waals surface area contributed by atoms with Gasteiger partial charge in [-0.25, -0.2) is 0 Å². The molecule has 19 heavy (non-hydrogen) atoms. The number of amides is 1.